The van der Waals surface area contributed by atoms with Crippen molar-refractivity contribution in [3.8, 4) is 0 Å². The average Bonchev–Trinajstić information content (AvgIpc) is 3.04. The van der Waals surface area contributed by atoms with Gasteiger partial charge in [0.2, 0.25) is 0 Å². The highest BCUT2D eigenvalue weighted by Gasteiger charge is 2.33. The lowest BCUT2D eigenvalue weighted by molar-refractivity contribution is 0.279. The molecule has 2 aliphatic rings. The van der Waals surface area contributed by atoms with Crippen molar-refractivity contribution in [3.63, 3.8) is 0 Å². The van der Waals surface area contributed by atoms with Crippen LogP contribution in [0.25, 0.3) is 0 Å². The molecule has 0 aliphatic carbocycles. The van der Waals surface area contributed by atoms with Crippen LogP contribution >= 0.6 is 0 Å². The largest absolute Gasteiger partial charge is 0.354 e. The fraction of sp³-hybridized carbons (Fsp3) is 0.562. The first-order valence-electron chi connectivity index (χ1n) is 7.59. The van der Waals surface area contributed by atoms with Crippen molar-refractivity contribution < 1.29 is 0 Å². The van der Waals surface area contributed by atoms with E-state index in [-0.39, 0.29) is 0 Å². The van der Waals surface area contributed by atoms with Crippen LogP contribution in [-0.2, 0) is 0 Å². The maximum absolute atomic E-state index is 4.46. The van der Waals surface area contributed by atoms with E-state index in [1.165, 1.54) is 33.6 Å². The first-order valence-corrected chi connectivity index (χ1v) is 7.59. The molecule has 114 valence electrons. The molecular formula is C16H25N5. The van der Waals surface area contributed by atoms with Gasteiger partial charge in [-0.05, 0) is 49.9 Å². The first-order chi connectivity index (χ1) is 9.93. The Morgan fingerprint density at radius 2 is 1.86 bits per heavy atom. The fourth-order valence-electron chi connectivity index (χ4n) is 3.49. The van der Waals surface area contributed by atoms with Gasteiger partial charge >= 0.3 is 0 Å². The van der Waals surface area contributed by atoms with Crippen molar-refractivity contribution >= 4 is 17.3 Å². The smallest absolute Gasteiger partial charge is 0.195 e. The zero-order valence-electron chi connectivity index (χ0n) is 13.8. The van der Waals surface area contributed by atoms with Crippen molar-refractivity contribution in [1.29, 1.82) is 0 Å². The molecule has 0 aromatic heterocycles. The Morgan fingerprint density at radius 1 is 1.14 bits per heavy atom. The number of anilines is 2. The second kappa shape index (κ2) is 4.91. The van der Waals surface area contributed by atoms with E-state index in [1.54, 1.807) is 0 Å². The summed E-state index contributed by atoms with van der Waals surface area (Å²) in [5.74, 6) is 0.891. The summed E-state index contributed by atoms with van der Waals surface area (Å²) in [6.45, 7) is 10.7. The van der Waals surface area contributed by atoms with Gasteiger partial charge in [-0.2, -0.15) is 0 Å². The molecule has 2 aliphatic heterocycles. The van der Waals surface area contributed by atoms with Crippen molar-refractivity contribution in [2.75, 3.05) is 37.5 Å². The lowest BCUT2D eigenvalue weighted by Crippen LogP contribution is -2.32. The molecule has 2 N–H and O–H groups in total. The Kier molecular flexibility index (Phi) is 3.32. The van der Waals surface area contributed by atoms with E-state index < -0.39 is 0 Å². The molecule has 5 heteroatoms. The van der Waals surface area contributed by atoms with E-state index >= 15 is 0 Å². The van der Waals surface area contributed by atoms with Crippen LogP contribution in [0.4, 0.5) is 11.4 Å². The Bertz CT molecular complexity index is 620. The van der Waals surface area contributed by atoms with E-state index in [1.807, 2.05) is 0 Å². The molecule has 0 amide bonds. The summed E-state index contributed by atoms with van der Waals surface area (Å²) in [6, 6.07) is 0.415. The van der Waals surface area contributed by atoms with Gasteiger partial charge in [0.05, 0.1) is 18.3 Å². The van der Waals surface area contributed by atoms with Crippen LogP contribution in [0.15, 0.2) is 4.99 Å². The normalized spacial score (nSPS) is 21.3. The third-order valence-electron chi connectivity index (χ3n) is 5.02. The molecule has 1 atom stereocenters. The Morgan fingerprint density at radius 3 is 2.48 bits per heavy atom. The maximum Gasteiger partial charge on any atom is 0.195 e. The fourth-order valence-corrected chi connectivity index (χ4v) is 3.49. The molecule has 0 radical (unpaired) electrons. The zero-order valence-corrected chi connectivity index (χ0v) is 13.8. The SMILES string of the molecule is Cc1c(C)c2c(c(C)c1NC1=NCCN1)N(C)N(C)C2C. The highest BCUT2D eigenvalue weighted by molar-refractivity contribution is 5.97. The molecule has 2 heterocycles. The summed E-state index contributed by atoms with van der Waals surface area (Å²) in [6.07, 6.45) is 0. The van der Waals surface area contributed by atoms with E-state index in [9.17, 15) is 0 Å². The van der Waals surface area contributed by atoms with Gasteiger partial charge in [-0.1, -0.05) is 0 Å². The number of rotatable bonds is 1. The summed E-state index contributed by atoms with van der Waals surface area (Å²) >= 11 is 0. The van der Waals surface area contributed by atoms with Gasteiger partial charge in [0.25, 0.3) is 0 Å². The average molecular weight is 287 g/mol. The molecule has 21 heavy (non-hydrogen) atoms. The summed E-state index contributed by atoms with van der Waals surface area (Å²) in [7, 11) is 4.29. The lowest BCUT2D eigenvalue weighted by Gasteiger charge is -2.26. The minimum Gasteiger partial charge on any atom is -0.354 e. The van der Waals surface area contributed by atoms with Crippen LogP contribution in [0.1, 0.15) is 35.2 Å². The van der Waals surface area contributed by atoms with Crippen LogP contribution in [0.5, 0.6) is 0 Å². The Hall–Kier alpha value is -1.75. The van der Waals surface area contributed by atoms with E-state index in [0.29, 0.717) is 6.04 Å². The van der Waals surface area contributed by atoms with Crippen LogP contribution < -0.4 is 15.6 Å². The molecule has 0 saturated heterocycles. The number of hydrogen-bond donors (Lipinski definition) is 2. The molecule has 1 aromatic rings. The second-order valence-corrected chi connectivity index (χ2v) is 6.07. The molecule has 0 fully saturated rings. The zero-order chi connectivity index (χ0) is 15.3. The Balaban J connectivity index is 2.13. The van der Waals surface area contributed by atoms with Gasteiger partial charge in [-0.15, -0.1) is 0 Å². The summed E-state index contributed by atoms with van der Waals surface area (Å²) < 4.78 is 0. The topological polar surface area (TPSA) is 42.9 Å². The third kappa shape index (κ3) is 1.99. The molecule has 0 spiro atoms. The number of fused-ring (bicyclic) bond motifs is 1. The first kappa shape index (κ1) is 14.2. The van der Waals surface area contributed by atoms with Crippen molar-refractivity contribution in [3.05, 3.63) is 22.3 Å². The molecule has 3 rings (SSSR count). The quantitative estimate of drug-likeness (QED) is 0.832. The van der Waals surface area contributed by atoms with Crippen molar-refractivity contribution in [2.45, 2.75) is 33.7 Å². The standard InChI is InChI=1S/C16H25N5/c1-9-10(2)14(19-16-17-7-8-18-16)11(3)15-13(9)12(4)20(5)21(15)6/h12H,7-8H2,1-6H3,(H2,17,18,19). The van der Waals surface area contributed by atoms with Crippen LogP contribution in [0, 0.1) is 20.8 Å². The lowest BCUT2D eigenvalue weighted by atomic mass is 9.92. The van der Waals surface area contributed by atoms with E-state index in [2.05, 4.69) is 67.4 Å². The number of nitrogens with one attached hydrogen (secondary N) is 2. The number of aliphatic imine (C=N–C) groups is 1. The number of benzene rings is 1. The van der Waals surface area contributed by atoms with Gasteiger partial charge in [-0.3, -0.25) is 4.99 Å². The summed E-state index contributed by atoms with van der Waals surface area (Å²) in [5.41, 5.74) is 7.95. The number of hydrazine groups is 1. The Labute approximate surface area is 127 Å². The van der Waals surface area contributed by atoms with Gasteiger partial charge < -0.3 is 15.6 Å². The van der Waals surface area contributed by atoms with Crippen molar-refractivity contribution in [1.82, 2.24) is 10.3 Å². The van der Waals surface area contributed by atoms with Crippen LogP contribution in [-0.4, -0.2) is 38.2 Å². The monoisotopic (exact) mass is 287 g/mol. The second-order valence-electron chi connectivity index (χ2n) is 6.07. The predicted molar refractivity (Wildman–Crippen MR) is 89.2 cm³/mol. The van der Waals surface area contributed by atoms with Gasteiger partial charge in [-0.25, -0.2) is 5.01 Å². The van der Waals surface area contributed by atoms with E-state index in [4.69, 9.17) is 0 Å². The minimum atomic E-state index is 0.415. The van der Waals surface area contributed by atoms with Gasteiger partial charge in [0.1, 0.15) is 0 Å². The summed E-state index contributed by atoms with van der Waals surface area (Å²) in [4.78, 5) is 4.46. The predicted octanol–water partition coefficient (Wildman–Crippen LogP) is 2.34. The highest BCUT2D eigenvalue weighted by atomic mass is 15.6. The summed E-state index contributed by atoms with van der Waals surface area (Å²) in [5, 5.41) is 11.3. The molecule has 0 bridgehead atoms. The molecule has 0 saturated carbocycles. The number of guanidine groups is 1. The van der Waals surface area contributed by atoms with Crippen LogP contribution in [0.3, 0.4) is 0 Å². The molecule has 5 nitrogen and oxygen atoms in total. The molecule has 1 aromatic carbocycles. The van der Waals surface area contributed by atoms with Crippen molar-refractivity contribution in [2.24, 2.45) is 4.99 Å². The number of nitrogens with zero attached hydrogens (tertiary/aromatic N) is 3. The number of hydrogen-bond acceptors (Lipinski definition) is 5. The third-order valence-corrected chi connectivity index (χ3v) is 5.02. The van der Waals surface area contributed by atoms with E-state index in [0.717, 1.165) is 19.0 Å². The minimum absolute atomic E-state index is 0.415. The molecule has 1 unspecified atom stereocenters. The maximum atomic E-state index is 4.46. The molecular weight excluding hydrogens is 262 g/mol. The van der Waals surface area contributed by atoms with Crippen LogP contribution in [0.2, 0.25) is 0 Å². The highest BCUT2D eigenvalue weighted by Crippen LogP contribution is 2.46. The van der Waals surface area contributed by atoms with Gasteiger partial charge in [0.15, 0.2) is 5.96 Å². The van der Waals surface area contributed by atoms with Gasteiger partial charge in [0, 0.05) is 26.3 Å².